The fourth-order valence-corrected chi connectivity index (χ4v) is 14.0. The van der Waals surface area contributed by atoms with Gasteiger partial charge in [0.25, 0.3) is 0 Å². The average Bonchev–Trinajstić information content (AvgIpc) is 1.49. The van der Waals surface area contributed by atoms with Gasteiger partial charge in [-0.1, -0.05) is 272 Å². The maximum atomic E-state index is 19.1. The van der Waals surface area contributed by atoms with E-state index in [1.54, 1.807) is 21.9 Å². The first-order chi connectivity index (χ1) is 53.5. The number of rotatable bonds is 10. The van der Waals surface area contributed by atoms with E-state index in [1.807, 2.05) is 163 Å². The predicted molar refractivity (Wildman–Crippen MR) is 386 cm³/mol. The molecule has 2 aliphatic carbocycles. The number of fused-ring (bicyclic) bond motifs is 15. The van der Waals surface area contributed by atoms with Gasteiger partial charge >= 0.3 is 0 Å². The standard InChI is InChI=1S/C89H68F2N2/c1-87(2,3)63-39-43-65(44-40-63)92(85-75(59-29-15-9-16-30-59)51-61(53-81(85)90)57-25-11-7-12-26-57)67-47-49-73-77(55-67)69-33-19-20-36-72(69)83-74-50-48-68(56-80(74)89(84(73)83)78-37-23-21-34-70(78)71-35-22-24-38-79(71)89)93(66-45-41-64(42-46-66)88(4,5)6)86-76(60-31-17-10-18-32-60)52-62(54-82(86)91)58-27-13-8-14-28-58/h7-56H,1-6H3/i7D,8D,9D,10D,11D,12D,13D,14D,15D,16D,17D,18D,25D,26D,27D,28D,29D,30D,31D,32D. The zero-order valence-electron chi connectivity index (χ0n) is 71.5. The minimum absolute atomic E-state index is 0.232. The largest absolute Gasteiger partial charge is 0.307 e. The zero-order valence-corrected chi connectivity index (χ0v) is 51.5. The van der Waals surface area contributed by atoms with Gasteiger partial charge in [-0.3, -0.25) is 0 Å². The van der Waals surface area contributed by atoms with E-state index in [-0.39, 0.29) is 39.0 Å². The second-order valence-corrected chi connectivity index (χ2v) is 25.6. The molecule has 0 atom stereocenters. The van der Waals surface area contributed by atoms with E-state index in [0.29, 0.717) is 39.1 Å². The van der Waals surface area contributed by atoms with Crippen molar-refractivity contribution in [3.63, 3.8) is 0 Å². The van der Waals surface area contributed by atoms with Crippen molar-refractivity contribution >= 4 is 55.7 Å². The van der Waals surface area contributed by atoms with Crippen LogP contribution >= 0.6 is 0 Å². The number of hydrogen-bond donors (Lipinski definition) is 0. The van der Waals surface area contributed by atoms with E-state index in [0.717, 1.165) is 73.0 Å². The van der Waals surface area contributed by atoms with Crippen LogP contribution in [0.4, 0.5) is 42.9 Å². The highest BCUT2D eigenvalue weighted by Gasteiger charge is 2.53. The molecule has 0 saturated carbocycles. The second-order valence-electron chi connectivity index (χ2n) is 25.6. The summed E-state index contributed by atoms with van der Waals surface area (Å²) in [5.74, 6) is -2.10. The van der Waals surface area contributed by atoms with Crippen LogP contribution in [0.5, 0.6) is 0 Å². The summed E-state index contributed by atoms with van der Waals surface area (Å²) in [6, 6.07) is 40.8. The lowest BCUT2D eigenvalue weighted by Crippen LogP contribution is -2.26. The highest BCUT2D eigenvalue weighted by atomic mass is 19.1. The Bertz CT molecular complexity index is 6350. The molecule has 0 amide bonds. The van der Waals surface area contributed by atoms with Gasteiger partial charge in [-0.15, -0.1) is 0 Å². The van der Waals surface area contributed by atoms with Gasteiger partial charge in [-0.25, -0.2) is 8.78 Å². The van der Waals surface area contributed by atoms with E-state index < -0.39 is 166 Å². The quantitative estimate of drug-likeness (QED) is 0.126. The van der Waals surface area contributed by atoms with Crippen molar-refractivity contribution < 1.29 is 36.2 Å². The lowest BCUT2D eigenvalue weighted by atomic mass is 9.69. The van der Waals surface area contributed by atoms with Crippen molar-refractivity contribution in [2.45, 2.75) is 57.8 Å². The van der Waals surface area contributed by atoms with E-state index in [1.165, 1.54) is 12.1 Å². The summed E-state index contributed by atoms with van der Waals surface area (Å²) in [4.78, 5) is 3.21. The Balaban J connectivity index is 1.01. The van der Waals surface area contributed by atoms with Crippen LogP contribution in [0.2, 0.25) is 0 Å². The Labute approximate surface area is 572 Å². The van der Waals surface area contributed by atoms with Crippen LogP contribution in [-0.2, 0) is 16.2 Å². The topological polar surface area (TPSA) is 6.48 Å². The van der Waals surface area contributed by atoms with E-state index >= 15 is 8.78 Å². The molecule has 0 saturated heterocycles. The molecule has 448 valence electrons. The van der Waals surface area contributed by atoms with E-state index in [4.69, 9.17) is 21.9 Å². The van der Waals surface area contributed by atoms with Crippen LogP contribution < -0.4 is 9.80 Å². The summed E-state index contributed by atoms with van der Waals surface area (Å²) in [7, 11) is 0. The lowest BCUT2D eigenvalue weighted by Gasteiger charge is -2.34. The molecule has 4 heteroatoms. The smallest absolute Gasteiger partial charge is 0.148 e. The summed E-state index contributed by atoms with van der Waals surface area (Å²) < 4.78 is 218. The molecule has 1 spiro atoms. The third-order valence-electron chi connectivity index (χ3n) is 18.2. The number of benzene rings is 14. The monoisotopic (exact) mass is 1220 g/mol. The molecular weight excluding hydrogens is 1130 g/mol. The number of anilines is 6. The molecule has 0 fully saturated rings. The predicted octanol–water partition coefficient (Wildman–Crippen LogP) is 24.8. The molecule has 0 unspecified atom stereocenters. The Kier molecular flexibility index (Phi) is 9.38. The molecule has 0 heterocycles. The van der Waals surface area contributed by atoms with Crippen molar-refractivity contribution in [3.05, 3.63) is 348 Å². The first-order valence-electron chi connectivity index (χ1n) is 40.6. The summed E-state index contributed by atoms with van der Waals surface area (Å²) >= 11 is 0. The van der Waals surface area contributed by atoms with E-state index in [9.17, 15) is 5.48 Å². The summed E-state index contributed by atoms with van der Waals surface area (Å²) in [5.41, 5.74) is 4.42. The molecule has 2 aliphatic rings. The van der Waals surface area contributed by atoms with Crippen molar-refractivity contribution in [2.24, 2.45) is 0 Å². The van der Waals surface area contributed by atoms with Crippen LogP contribution in [0, 0.1) is 11.6 Å². The fraction of sp³-hybridized carbons (Fsp3) is 0.101. The third-order valence-corrected chi connectivity index (χ3v) is 18.2. The van der Waals surface area contributed by atoms with Crippen LogP contribution in [0.15, 0.2) is 303 Å². The SMILES string of the molecule is [2H]c1c([2H])c([2H])c(-c2cc(F)c(N(c3ccc(C(C)(C)C)cc3)c3ccc4c(c3)C3(c5ccccc5-c5ccccc53)c3c-4c4ccccc4c4cc(N(c5ccc(C(C)(C)C)cc5)c5c(F)cc(-c6c([2H])c([2H])c([2H])c([2H])c6[2H])cc5-c5c([2H])c([2H])c([2H])c([2H])c5[2H])ccc34)c(-c3c([2H])c([2H])c([2H])c([2H])c3[2H])c2)c([2H])c1[2H]. The van der Waals surface area contributed by atoms with Crippen LogP contribution in [0.25, 0.3) is 88.3 Å². The van der Waals surface area contributed by atoms with Gasteiger partial charge < -0.3 is 9.80 Å². The van der Waals surface area contributed by atoms with Crippen molar-refractivity contribution in [2.75, 3.05) is 9.80 Å². The van der Waals surface area contributed by atoms with Gasteiger partial charge in [0.15, 0.2) is 0 Å². The highest BCUT2D eigenvalue weighted by molar-refractivity contribution is 6.21. The van der Waals surface area contributed by atoms with Gasteiger partial charge in [0, 0.05) is 33.9 Å². The Morgan fingerprint density at radius 1 is 0.312 bits per heavy atom. The zero-order chi connectivity index (χ0) is 80.7. The molecule has 2 nitrogen and oxygen atoms in total. The van der Waals surface area contributed by atoms with Gasteiger partial charge in [0.2, 0.25) is 0 Å². The minimum atomic E-state index is -1.29. The van der Waals surface area contributed by atoms with Crippen LogP contribution in [0.1, 0.15) is 102 Å². The van der Waals surface area contributed by atoms with Gasteiger partial charge in [-0.2, -0.15) is 0 Å². The maximum absolute atomic E-state index is 19.1. The van der Waals surface area contributed by atoms with E-state index in [2.05, 4.69) is 24.3 Å². The Hall–Kier alpha value is -10.9. The molecule has 14 aromatic rings. The van der Waals surface area contributed by atoms with Gasteiger partial charge in [0.05, 0.1) is 44.2 Å². The summed E-state index contributed by atoms with van der Waals surface area (Å²) in [5, 5.41) is 2.85. The highest BCUT2D eigenvalue weighted by Crippen LogP contribution is 2.66. The number of halogens is 2. The molecule has 0 bridgehead atoms. The summed E-state index contributed by atoms with van der Waals surface area (Å²) in [6.07, 6.45) is 0. The molecular formula is C89H68F2N2. The maximum Gasteiger partial charge on any atom is 0.148 e. The molecule has 0 aromatic heterocycles. The number of nitrogens with zero attached hydrogens (tertiary/aromatic N) is 2. The molecule has 93 heavy (non-hydrogen) atoms. The van der Waals surface area contributed by atoms with Gasteiger partial charge in [-0.05, 0) is 194 Å². The lowest BCUT2D eigenvalue weighted by molar-refractivity contribution is 0.590. The van der Waals surface area contributed by atoms with Crippen LogP contribution in [-0.4, -0.2) is 0 Å². The Morgan fingerprint density at radius 2 is 0.710 bits per heavy atom. The Morgan fingerprint density at radius 3 is 1.17 bits per heavy atom. The van der Waals surface area contributed by atoms with Crippen molar-refractivity contribution in [1.29, 1.82) is 0 Å². The molecule has 16 rings (SSSR count). The normalized spacial score (nSPS) is 15.8. The first-order valence-corrected chi connectivity index (χ1v) is 30.6. The number of hydrogen-bond acceptors (Lipinski definition) is 2. The third kappa shape index (κ3) is 9.41. The van der Waals surface area contributed by atoms with Crippen LogP contribution in [0.3, 0.4) is 0 Å². The fourth-order valence-electron chi connectivity index (χ4n) is 14.0. The van der Waals surface area contributed by atoms with Crippen molar-refractivity contribution in [3.8, 4) is 66.8 Å². The van der Waals surface area contributed by atoms with Crippen molar-refractivity contribution in [1.82, 2.24) is 0 Å². The molecule has 0 radical (unpaired) electrons. The first kappa shape index (κ1) is 39.3. The molecule has 0 N–H and O–H groups in total. The summed E-state index contributed by atoms with van der Waals surface area (Å²) in [6.45, 7) is 12.2. The molecule has 14 aromatic carbocycles. The average molecular weight is 1220 g/mol. The van der Waals surface area contributed by atoms with Gasteiger partial charge in [0.1, 0.15) is 11.6 Å². The minimum Gasteiger partial charge on any atom is -0.307 e. The molecule has 0 aliphatic heterocycles. The second kappa shape index (κ2) is 22.2.